The monoisotopic (exact) mass is 410 g/mol. The van der Waals surface area contributed by atoms with E-state index >= 15 is 0 Å². The average Bonchev–Trinajstić information content (AvgIpc) is 3.27. The van der Waals surface area contributed by atoms with E-state index in [2.05, 4.69) is 10.1 Å². The van der Waals surface area contributed by atoms with Gasteiger partial charge in [0.2, 0.25) is 11.6 Å². The Hall–Kier alpha value is -4.01. The van der Waals surface area contributed by atoms with Crippen molar-refractivity contribution < 1.29 is 27.9 Å². The Morgan fingerprint density at radius 2 is 1.57 bits per heavy atom. The first kappa shape index (κ1) is 19.3. The van der Waals surface area contributed by atoms with Gasteiger partial charge in [-0.1, -0.05) is 17.3 Å². The maximum Gasteiger partial charge on any atom is 0.349 e. The van der Waals surface area contributed by atoms with Gasteiger partial charge in [-0.2, -0.15) is 4.98 Å². The third kappa shape index (κ3) is 3.20. The summed E-state index contributed by atoms with van der Waals surface area (Å²) in [6.07, 6.45) is 0. The molecule has 2 heterocycles. The number of aromatic nitrogens is 2. The number of benzene rings is 2. The van der Waals surface area contributed by atoms with Gasteiger partial charge in [0.1, 0.15) is 5.56 Å². The first-order valence-corrected chi connectivity index (χ1v) is 8.85. The van der Waals surface area contributed by atoms with Crippen LogP contribution in [0.3, 0.4) is 0 Å². The number of ether oxygens (including phenoxy) is 4. The molecule has 0 radical (unpaired) electrons. The molecular formula is C21H18N2O7. The van der Waals surface area contributed by atoms with Crippen molar-refractivity contribution in [2.75, 3.05) is 28.4 Å². The van der Waals surface area contributed by atoms with Gasteiger partial charge in [-0.3, -0.25) is 0 Å². The topological polar surface area (TPSA) is 106 Å². The van der Waals surface area contributed by atoms with Gasteiger partial charge in [0.15, 0.2) is 22.8 Å². The molecule has 0 aliphatic carbocycles. The highest BCUT2D eigenvalue weighted by Gasteiger charge is 2.20. The fourth-order valence-corrected chi connectivity index (χ4v) is 3.09. The molecule has 30 heavy (non-hydrogen) atoms. The molecule has 2 aromatic heterocycles. The molecule has 0 atom stereocenters. The van der Waals surface area contributed by atoms with Gasteiger partial charge >= 0.3 is 5.63 Å². The molecule has 4 aromatic rings. The Morgan fingerprint density at radius 1 is 0.867 bits per heavy atom. The predicted molar refractivity (Wildman–Crippen MR) is 107 cm³/mol. The number of hydrogen-bond acceptors (Lipinski definition) is 9. The Morgan fingerprint density at radius 3 is 2.20 bits per heavy atom. The lowest BCUT2D eigenvalue weighted by Crippen LogP contribution is -2.03. The number of fused-ring (bicyclic) bond motifs is 1. The maximum atomic E-state index is 12.5. The van der Waals surface area contributed by atoms with E-state index in [0.717, 1.165) is 0 Å². The van der Waals surface area contributed by atoms with E-state index in [9.17, 15) is 4.79 Å². The highest BCUT2D eigenvalue weighted by atomic mass is 16.5. The lowest BCUT2D eigenvalue weighted by molar-refractivity contribution is 0.324. The third-order valence-corrected chi connectivity index (χ3v) is 4.52. The van der Waals surface area contributed by atoms with Crippen molar-refractivity contribution in [3.05, 3.63) is 46.8 Å². The van der Waals surface area contributed by atoms with E-state index in [1.807, 2.05) is 0 Å². The van der Waals surface area contributed by atoms with E-state index < -0.39 is 5.63 Å². The molecule has 0 fully saturated rings. The first-order chi connectivity index (χ1) is 14.6. The smallest absolute Gasteiger partial charge is 0.349 e. The third-order valence-electron chi connectivity index (χ3n) is 4.52. The molecule has 9 heteroatoms. The van der Waals surface area contributed by atoms with Crippen molar-refractivity contribution in [1.82, 2.24) is 10.1 Å². The molecule has 2 aromatic carbocycles. The quantitative estimate of drug-likeness (QED) is 0.441. The minimum Gasteiger partial charge on any atom is -0.493 e. The van der Waals surface area contributed by atoms with Crippen LogP contribution in [0.4, 0.5) is 0 Å². The molecule has 4 rings (SSSR count). The standard InChI is InChI=1S/C21H18N2O7/c1-25-14-7-5-6-11-8-13(21(24)29-17(11)14)20-22-19(23-30-20)12-9-15(26-2)18(28-4)16(10-12)27-3/h5-10H,1-4H3. The number of methoxy groups -OCH3 is 4. The zero-order chi connectivity index (χ0) is 21.3. The largest absolute Gasteiger partial charge is 0.493 e. The number of rotatable bonds is 6. The fourth-order valence-electron chi connectivity index (χ4n) is 3.09. The normalized spacial score (nSPS) is 10.8. The Balaban J connectivity index is 1.80. The molecule has 0 bridgehead atoms. The minimum absolute atomic E-state index is 0.0252. The van der Waals surface area contributed by atoms with Crippen LogP contribution in [0, 0.1) is 0 Å². The molecule has 0 aliphatic rings. The van der Waals surface area contributed by atoms with Gasteiger partial charge in [-0.25, -0.2) is 4.79 Å². The summed E-state index contributed by atoms with van der Waals surface area (Å²) in [5.74, 6) is 2.05. The van der Waals surface area contributed by atoms with Crippen LogP contribution in [0.2, 0.25) is 0 Å². The summed E-state index contributed by atoms with van der Waals surface area (Å²) in [5, 5.41) is 4.64. The van der Waals surface area contributed by atoms with E-state index in [1.54, 1.807) is 36.4 Å². The second-order valence-corrected chi connectivity index (χ2v) is 6.16. The molecule has 0 saturated carbocycles. The lowest BCUT2D eigenvalue weighted by atomic mass is 10.1. The van der Waals surface area contributed by atoms with Crippen LogP contribution in [0.25, 0.3) is 33.8 Å². The SMILES string of the molecule is COc1cc(-c2noc(-c3cc4cccc(OC)c4oc3=O)n2)cc(OC)c1OC. The van der Waals surface area contributed by atoms with E-state index in [0.29, 0.717) is 39.5 Å². The summed E-state index contributed by atoms with van der Waals surface area (Å²) in [6, 6.07) is 10.3. The zero-order valence-electron chi connectivity index (χ0n) is 16.7. The van der Waals surface area contributed by atoms with E-state index in [1.165, 1.54) is 28.4 Å². The summed E-state index contributed by atoms with van der Waals surface area (Å²) >= 11 is 0. The van der Waals surface area contributed by atoms with Crippen molar-refractivity contribution in [1.29, 1.82) is 0 Å². The van der Waals surface area contributed by atoms with E-state index in [-0.39, 0.29) is 17.3 Å². The van der Waals surface area contributed by atoms with Gasteiger partial charge in [0.25, 0.3) is 5.89 Å². The van der Waals surface area contributed by atoms with Crippen molar-refractivity contribution >= 4 is 11.0 Å². The summed E-state index contributed by atoms with van der Waals surface area (Å²) in [6.45, 7) is 0. The van der Waals surface area contributed by atoms with Gasteiger partial charge in [0.05, 0.1) is 28.4 Å². The van der Waals surface area contributed by atoms with Crippen LogP contribution in [0.1, 0.15) is 0 Å². The van der Waals surface area contributed by atoms with E-state index in [4.69, 9.17) is 27.9 Å². The molecule has 0 saturated heterocycles. The maximum absolute atomic E-state index is 12.5. The number of nitrogens with zero attached hydrogens (tertiary/aromatic N) is 2. The van der Waals surface area contributed by atoms with Crippen LogP contribution in [-0.4, -0.2) is 38.6 Å². The van der Waals surface area contributed by atoms with Crippen LogP contribution >= 0.6 is 0 Å². The van der Waals surface area contributed by atoms with Crippen molar-refractivity contribution in [3.63, 3.8) is 0 Å². The Kier molecular flexibility index (Phi) is 5.01. The van der Waals surface area contributed by atoms with Crippen LogP contribution in [-0.2, 0) is 0 Å². The van der Waals surface area contributed by atoms with Gasteiger partial charge in [-0.15, -0.1) is 0 Å². The molecular weight excluding hydrogens is 392 g/mol. The number of para-hydroxylation sites is 1. The molecule has 0 unspecified atom stereocenters. The highest BCUT2D eigenvalue weighted by Crippen LogP contribution is 2.40. The number of hydrogen-bond donors (Lipinski definition) is 0. The second kappa shape index (κ2) is 7.78. The Bertz CT molecular complexity index is 1250. The zero-order valence-corrected chi connectivity index (χ0v) is 16.7. The first-order valence-electron chi connectivity index (χ1n) is 8.85. The summed E-state index contributed by atoms with van der Waals surface area (Å²) in [5.41, 5.74) is 0.429. The molecule has 0 spiro atoms. The van der Waals surface area contributed by atoms with Gasteiger partial charge in [0, 0.05) is 10.9 Å². The van der Waals surface area contributed by atoms with Crippen LogP contribution in [0.5, 0.6) is 23.0 Å². The molecule has 0 amide bonds. The predicted octanol–water partition coefficient (Wildman–Crippen LogP) is 3.54. The van der Waals surface area contributed by atoms with Crippen molar-refractivity contribution in [2.24, 2.45) is 0 Å². The molecule has 9 nitrogen and oxygen atoms in total. The summed E-state index contributed by atoms with van der Waals surface area (Å²) < 4.78 is 32.0. The lowest BCUT2D eigenvalue weighted by Gasteiger charge is -2.12. The molecule has 0 aliphatic heterocycles. The summed E-state index contributed by atoms with van der Waals surface area (Å²) in [7, 11) is 6.04. The van der Waals surface area contributed by atoms with Crippen LogP contribution < -0.4 is 24.6 Å². The van der Waals surface area contributed by atoms with Crippen molar-refractivity contribution in [3.8, 4) is 45.8 Å². The Labute approximate surface area is 170 Å². The van der Waals surface area contributed by atoms with Gasteiger partial charge < -0.3 is 27.9 Å². The van der Waals surface area contributed by atoms with Gasteiger partial charge in [-0.05, 0) is 24.3 Å². The minimum atomic E-state index is -0.618. The average molecular weight is 410 g/mol. The highest BCUT2D eigenvalue weighted by molar-refractivity contribution is 5.85. The molecule has 0 N–H and O–H groups in total. The fraction of sp³-hybridized carbons (Fsp3) is 0.190. The molecule has 154 valence electrons. The summed E-state index contributed by atoms with van der Waals surface area (Å²) in [4.78, 5) is 16.9. The second-order valence-electron chi connectivity index (χ2n) is 6.16. The van der Waals surface area contributed by atoms with Crippen LogP contribution in [0.15, 0.2) is 50.1 Å². The van der Waals surface area contributed by atoms with Crippen molar-refractivity contribution in [2.45, 2.75) is 0 Å².